The van der Waals surface area contributed by atoms with E-state index in [1.807, 2.05) is 6.07 Å². The van der Waals surface area contributed by atoms with E-state index >= 15 is 0 Å². The molecule has 3 aromatic rings. The lowest BCUT2D eigenvalue weighted by Crippen LogP contribution is -2.29. The van der Waals surface area contributed by atoms with Crippen LogP contribution in [0.4, 0.5) is 5.13 Å². The molecule has 1 fully saturated rings. The third-order valence-corrected chi connectivity index (χ3v) is 6.49. The monoisotopic (exact) mass is 448 g/mol. The number of carbonyl (C=O) groups is 3. The van der Waals surface area contributed by atoms with Gasteiger partial charge in [0, 0.05) is 12.5 Å². The number of anilines is 1. The minimum absolute atomic E-state index is 0.0383. The quantitative estimate of drug-likeness (QED) is 0.271. The Kier molecular flexibility index (Phi) is 5.63. The molecule has 2 aromatic carbocycles. The molecule has 162 valence electrons. The van der Waals surface area contributed by atoms with E-state index in [0.717, 1.165) is 11.3 Å². The fourth-order valence-electron chi connectivity index (χ4n) is 3.70. The molecule has 8 heteroatoms. The van der Waals surface area contributed by atoms with E-state index in [2.05, 4.69) is 4.98 Å². The number of methoxy groups -OCH3 is 1. The van der Waals surface area contributed by atoms with Gasteiger partial charge in [-0.1, -0.05) is 41.7 Å². The number of aryl methyl sites for hydroxylation is 1. The van der Waals surface area contributed by atoms with Crippen molar-refractivity contribution in [3.63, 3.8) is 0 Å². The number of carbonyl (C=O) groups excluding carboxylic acids is 3. The number of ketones is 2. The van der Waals surface area contributed by atoms with Crippen molar-refractivity contribution in [2.24, 2.45) is 0 Å². The van der Waals surface area contributed by atoms with Crippen LogP contribution < -0.4 is 9.64 Å². The van der Waals surface area contributed by atoms with Crippen molar-refractivity contribution >= 4 is 39.7 Å². The van der Waals surface area contributed by atoms with Crippen LogP contribution >= 0.6 is 11.3 Å². The summed E-state index contributed by atoms with van der Waals surface area (Å²) >= 11 is 1.06. The molecule has 1 atom stereocenters. The molecular weight excluding hydrogens is 428 g/mol. The predicted octanol–water partition coefficient (Wildman–Crippen LogP) is 4.29. The van der Waals surface area contributed by atoms with Gasteiger partial charge in [0.05, 0.1) is 29.3 Å². The van der Waals surface area contributed by atoms with Gasteiger partial charge in [-0.2, -0.15) is 0 Å². The first-order valence-electron chi connectivity index (χ1n) is 9.82. The Hall–Kier alpha value is -3.78. The van der Waals surface area contributed by atoms with Gasteiger partial charge in [0.1, 0.15) is 11.5 Å². The maximum Gasteiger partial charge on any atom is 0.301 e. The maximum absolute atomic E-state index is 13.1. The van der Waals surface area contributed by atoms with E-state index in [1.54, 1.807) is 55.5 Å². The number of Topliss-reactive ketones (excluding diaryl/α,β-unsaturated/α-hetero) is 2. The van der Waals surface area contributed by atoms with Crippen molar-refractivity contribution in [1.29, 1.82) is 0 Å². The lowest BCUT2D eigenvalue weighted by Gasteiger charge is -2.23. The second kappa shape index (κ2) is 8.39. The highest BCUT2D eigenvalue weighted by atomic mass is 32.1. The van der Waals surface area contributed by atoms with Gasteiger partial charge in [0.25, 0.3) is 5.78 Å². The molecule has 0 bridgehead atoms. The Morgan fingerprint density at radius 3 is 2.31 bits per heavy atom. The number of aromatic nitrogens is 1. The van der Waals surface area contributed by atoms with Gasteiger partial charge >= 0.3 is 5.91 Å². The number of amides is 1. The van der Waals surface area contributed by atoms with Gasteiger partial charge in [0.2, 0.25) is 0 Å². The van der Waals surface area contributed by atoms with Crippen LogP contribution in [0.1, 0.15) is 39.5 Å². The minimum Gasteiger partial charge on any atom is -0.507 e. The van der Waals surface area contributed by atoms with Gasteiger partial charge in [-0.25, -0.2) is 4.98 Å². The zero-order valence-corrected chi connectivity index (χ0v) is 18.5. The average molecular weight is 449 g/mol. The molecule has 7 nitrogen and oxygen atoms in total. The Morgan fingerprint density at radius 1 is 1.09 bits per heavy atom. The van der Waals surface area contributed by atoms with Crippen molar-refractivity contribution in [1.82, 2.24) is 4.98 Å². The molecule has 1 aromatic heterocycles. The number of ether oxygens (including phenoxy) is 1. The van der Waals surface area contributed by atoms with Crippen LogP contribution in [0.15, 0.2) is 60.2 Å². The number of benzene rings is 2. The molecule has 1 aliphatic rings. The number of aliphatic hydroxyl groups is 1. The van der Waals surface area contributed by atoms with Gasteiger partial charge in [-0.05, 0) is 36.8 Å². The van der Waals surface area contributed by atoms with Crippen molar-refractivity contribution in [2.45, 2.75) is 19.9 Å². The number of thiazole rings is 1. The molecule has 1 N–H and O–H groups in total. The van der Waals surface area contributed by atoms with Crippen molar-refractivity contribution in [2.75, 3.05) is 12.0 Å². The highest BCUT2D eigenvalue weighted by Gasteiger charge is 2.48. The zero-order chi connectivity index (χ0) is 23.0. The summed E-state index contributed by atoms with van der Waals surface area (Å²) in [6.45, 7) is 3.11. The van der Waals surface area contributed by atoms with Crippen molar-refractivity contribution < 1.29 is 24.2 Å². The topological polar surface area (TPSA) is 96.8 Å². The molecule has 1 aliphatic heterocycles. The van der Waals surface area contributed by atoms with E-state index in [1.165, 1.54) is 18.9 Å². The average Bonchev–Trinajstić information content (AvgIpc) is 3.31. The Balaban J connectivity index is 1.91. The van der Waals surface area contributed by atoms with E-state index in [9.17, 15) is 19.5 Å². The molecule has 0 spiro atoms. The third kappa shape index (κ3) is 3.58. The molecule has 32 heavy (non-hydrogen) atoms. The van der Waals surface area contributed by atoms with E-state index in [0.29, 0.717) is 27.4 Å². The lowest BCUT2D eigenvalue weighted by atomic mass is 9.95. The maximum atomic E-state index is 13.1. The van der Waals surface area contributed by atoms with Gasteiger partial charge in [0.15, 0.2) is 10.9 Å². The summed E-state index contributed by atoms with van der Waals surface area (Å²) < 4.78 is 5.15. The van der Waals surface area contributed by atoms with Crippen LogP contribution in [0.2, 0.25) is 0 Å². The van der Waals surface area contributed by atoms with Crippen LogP contribution in [0.5, 0.6) is 5.75 Å². The third-order valence-electron chi connectivity index (χ3n) is 5.23. The van der Waals surface area contributed by atoms with Crippen molar-refractivity contribution in [3.05, 3.63) is 81.9 Å². The summed E-state index contributed by atoms with van der Waals surface area (Å²) in [7, 11) is 1.53. The first-order chi connectivity index (χ1) is 15.3. The van der Waals surface area contributed by atoms with E-state index < -0.39 is 17.7 Å². The normalized spacial score (nSPS) is 17.6. The lowest BCUT2D eigenvalue weighted by molar-refractivity contribution is -0.132. The number of hydrogen-bond donors (Lipinski definition) is 1. The summed E-state index contributed by atoms with van der Waals surface area (Å²) in [4.78, 5) is 44.2. The molecule has 2 heterocycles. The Bertz CT molecular complexity index is 1250. The molecule has 1 saturated heterocycles. The molecule has 4 rings (SSSR count). The fraction of sp³-hybridized carbons (Fsp3) is 0.167. The first-order valence-corrected chi connectivity index (χ1v) is 10.6. The van der Waals surface area contributed by atoms with Gasteiger partial charge < -0.3 is 9.84 Å². The number of rotatable bonds is 5. The summed E-state index contributed by atoms with van der Waals surface area (Å²) in [5.74, 6) is -1.49. The molecular formula is C24H20N2O5S. The van der Waals surface area contributed by atoms with Crippen LogP contribution in [-0.4, -0.2) is 34.7 Å². The minimum atomic E-state index is -0.886. The molecule has 0 saturated carbocycles. The second-order valence-electron chi connectivity index (χ2n) is 7.28. The smallest absolute Gasteiger partial charge is 0.301 e. The van der Waals surface area contributed by atoms with Crippen LogP contribution in [-0.2, 0) is 9.59 Å². The molecule has 1 amide bonds. The Morgan fingerprint density at radius 2 is 1.75 bits per heavy atom. The highest BCUT2D eigenvalue weighted by Crippen LogP contribution is 2.43. The van der Waals surface area contributed by atoms with Gasteiger partial charge in [-0.3, -0.25) is 19.3 Å². The van der Waals surface area contributed by atoms with E-state index in [-0.39, 0.29) is 22.2 Å². The van der Waals surface area contributed by atoms with E-state index in [4.69, 9.17) is 4.74 Å². The summed E-state index contributed by atoms with van der Waals surface area (Å²) in [5, 5.41) is 11.3. The summed E-state index contributed by atoms with van der Waals surface area (Å²) in [6.07, 6.45) is 0. The largest absolute Gasteiger partial charge is 0.507 e. The second-order valence-corrected chi connectivity index (χ2v) is 8.25. The molecule has 0 unspecified atom stereocenters. The van der Waals surface area contributed by atoms with Gasteiger partial charge in [-0.15, -0.1) is 0 Å². The van der Waals surface area contributed by atoms with Crippen LogP contribution in [0.3, 0.4) is 0 Å². The predicted molar refractivity (Wildman–Crippen MR) is 121 cm³/mol. The fourth-order valence-corrected chi connectivity index (χ4v) is 4.69. The SMILES string of the molecule is COc1ccc(C(O)=C2C(=O)C(=O)N(c3nc(C)c(C(C)=O)s3)[C@H]2c2ccccc2)cc1. The number of aliphatic hydroxyl groups excluding tert-OH is 1. The zero-order valence-electron chi connectivity index (χ0n) is 17.7. The molecule has 0 radical (unpaired) electrons. The first kappa shape index (κ1) is 21.5. The van der Waals surface area contributed by atoms with Crippen molar-refractivity contribution in [3.8, 4) is 5.75 Å². The highest BCUT2D eigenvalue weighted by molar-refractivity contribution is 7.18. The van der Waals surface area contributed by atoms with Crippen LogP contribution in [0.25, 0.3) is 5.76 Å². The number of nitrogens with zero attached hydrogens (tertiary/aromatic N) is 2. The summed E-state index contributed by atoms with van der Waals surface area (Å²) in [5.41, 5.74) is 1.47. The standard InChI is InChI=1S/C24H20N2O5S/c1-13-22(14(2)27)32-24(25-13)26-19(15-7-5-4-6-8-15)18(21(29)23(26)30)20(28)16-9-11-17(31-3)12-10-16/h4-12,19,28H,1-3H3/t19-/m0/s1. The number of hydrogen-bond acceptors (Lipinski definition) is 7. The van der Waals surface area contributed by atoms with Crippen LogP contribution in [0, 0.1) is 6.92 Å². The Labute approximate surface area is 188 Å². The molecule has 0 aliphatic carbocycles. The summed E-state index contributed by atoms with van der Waals surface area (Å²) in [6, 6.07) is 14.6.